The predicted molar refractivity (Wildman–Crippen MR) is 103 cm³/mol. The van der Waals surface area contributed by atoms with Crippen LogP contribution in [0.4, 0.5) is 0 Å². The fourth-order valence-electron chi connectivity index (χ4n) is 2.96. The largest absolute Gasteiger partial charge is 0.351 e. The van der Waals surface area contributed by atoms with Gasteiger partial charge in [-0.05, 0) is 29.8 Å². The van der Waals surface area contributed by atoms with E-state index in [1.807, 2.05) is 36.4 Å². The number of carbonyl (C=O) groups excluding carboxylic acids is 1. The number of benzene rings is 2. The normalized spacial score (nSPS) is 12.2. The highest BCUT2D eigenvalue weighted by Crippen LogP contribution is 2.16. The van der Waals surface area contributed by atoms with Crippen LogP contribution in [0.25, 0.3) is 0 Å². The van der Waals surface area contributed by atoms with Crippen molar-refractivity contribution >= 4 is 5.91 Å². The zero-order valence-corrected chi connectivity index (χ0v) is 15.2. The molecular weight excluding hydrogens is 310 g/mol. The fraction of sp³-hybridized carbons (Fsp3) is 0.381. The summed E-state index contributed by atoms with van der Waals surface area (Å²) in [6.07, 6.45) is 0. The Morgan fingerprint density at radius 3 is 2.20 bits per heavy atom. The van der Waals surface area contributed by atoms with Gasteiger partial charge in [0, 0.05) is 19.6 Å². The first kappa shape index (κ1) is 19.2. The van der Waals surface area contributed by atoms with Gasteiger partial charge in [-0.15, -0.1) is 0 Å². The van der Waals surface area contributed by atoms with Gasteiger partial charge in [0.25, 0.3) is 0 Å². The Morgan fingerprint density at radius 1 is 1.00 bits per heavy atom. The minimum absolute atomic E-state index is 0.0219. The Labute approximate surface area is 151 Å². The summed E-state index contributed by atoms with van der Waals surface area (Å²) in [5.74, 6) is -0.331. The molecule has 4 nitrogen and oxygen atoms in total. The van der Waals surface area contributed by atoms with Crippen molar-refractivity contribution in [1.82, 2.24) is 10.2 Å². The summed E-state index contributed by atoms with van der Waals surface area (Å²) in [4.78, 5) is 15.0. The minimum Gasteiger partial charge on any atom is -0.351 e. The van der Waals surface area contributed by atoms with Gasteiger partial charge in [0.15, 0.2) is 0 Å². The Hall–Kier alpha value is -2.17. The lowest BCUT2D eigenvalue weighted by Gasteiger charge is -2.21. The van der Waals surface area contributed by atoms with Crippen LogP contribution in [0.15, 0.2) is 54.6 Å². The predicted octanol–water partition coefficient (Wildman–Crippen LogP) is 2.89. The molecule has 2 aromatic carbocycles. The second-order valence-corrected chi connectivity index (χ2v) is 6.15. The first-order chi connectivity index (χ1) is 12.2. The second kappa shape index (κ2) is 9.97. The SMILES string of the molecule is CCN(CC)Cc1ccccc1CNC(=O)C(CN)c1ccccc1. The van der Waals surface area contributed by atoms with Crippen molar-refractivity contribution < 1.29 is 4.79 Å². The van der Waals surface area contributed by atoms with E-state index < -0.39 is 0 Å². The van der Waals surface area contributed by atoms with Crippen molar-refractivity contribution in [3.05, 3.63) is 71.3 Å². The number of hydrogen-bond donors (Lipinski definition) is 2. The van der Waals surface area contributed by atoms with Crippen molar-refractivity contribution in [2.24, 2.45) is 5.73 Å². The molecule has 3 N–H and O–H groups in total. The van der Waals surface area contributed by atoms with Gasteiger partial charge in [0.1, 0.15) is 0 Å². The molecule has 25 heavy (non-hydrogen) atoms. The van der Waals surface area contributed by atoms with Gasteiger partial charge in [-0.1, -0.05) is 68.4 Å². The van der Waals surface area contributed by atoms with Crippen LogP contribution < -0.4 is 11.1 Å². The Bertz CT molecular complexity index is 653. The molecule has 0 heterocycles. The lowest BCUT2D eigenvalue weighted by Crippen LogP contribution is -2.33. The zero-order valence-electron chi connectivity index (χ0n) is 15.2. The second-order valence-electron chi connectivity index (χ2n) is 6.15. The molecule has 0 saturated heterocycles. The highest BCUT2D eigenvalue weighted by atomic mass is 16.1. The fourth-order valence-corrected chi connectivity index (χ4v) is 2.96. The van der Waals surface area contributed by atoms with E-state index in [0.717, 1.165) is 30.8 Å². The third-order valence-electron chi connectivity index (χ3n) is 4.61. The summed E-state index contributed by atoms with van der Waals surface area (Å²) in [6, 6.07) is 18.0. The lowest BCUT2D eigenvalue weighted by atomic mass is 9.98. The van der Waals surface area contributed by atoms with Gasteiger partial charge < -0.3 is 11.1 Å². The number of nitrogens with two attached hydrogens (primary N) is 1. The van der Waals surface area contributed by atoms with Crippen molar-refractivity contribution in [3.8, 4) is 0 Å². The van der Waals surface area contributed by atoms with Crippen LogP contribution in [-0.4, -0.2) is 30.4 Å². The zero-order chi connectivity index (χ0) is 18.1. The Balaban J connectivity index is 2.04. The quantitative estimate of drug-likeness (QED) is 0.738. The number of carbonyl (C=O) groups is 1. The van der Waals surface area contributed by atoms with Crippen molar-refractivity contribution in [2.75, 3.05) is 19.6 Å². The molecule has 0 aromatic heterocycles. The smallest absolute Gasteiger partial charge is 0.229 e. The van der Waals surface area contributed by atoms with E-state index >= 15 is 0 Å². The van der Waals surface area contributed by atoms with Crippen LogP contribution in [0.5, 0.6) is 0 Å². The van der Waals surface area contributed by atoms with Gasteiger partial charge in [-0.2, -0.15) is 0 Å². The Kier molecular flexibility index (Phi) is 7.64. The van der Waals surface area contributed by atoms with Gasteiger partial charge in [-0.3, -0.25) is 9.69 Å². The van der Waals surface area contributed by atoms with Crippen molar-refractivity contribution in [3.63, 3.8) is 0 Å². The van der Waals surface area contributed by atoms with Crippen LogP contribution in [0.1, 0.15) is 36.5 Å². The number of hydrogen-bond acceptors (Lipinski definition) is 3. The highest BCUT2D eigenvalue weighted by Gasteiger charge is 2.18. The summed E-state index contributed by atoms with van der Waals surface area (Å²) in [7, 11) is 0. The molecule has 0 bridgehead atoms. The van der Waals surface area contributed by atoms with Crippen LogP contribution in [0.2, 0.25) is 0 Å². The number of nitrogens with zero attached hydrogens (tertiary/aromatic N) is 1. The van der Waals surface area contributed by atoms with E-state index in [-0.39, 0.29) is 11.8 Å². The molecular formula is C21H29N3O. The van der Waals surface area contributed by atoms with E-state index in [9.17, 15) is 4.79 Å². The molecule has 1 atom stereocenters. The van der Waals surface area contributed by atoms with Crippen LogP contribution >= 0.6 is 0 Å². The van der Waals surface area contributed by atoms with Gasteiger partial charge in [0.2, 0.25) is 5.91 Å². The highest BCUT2D eigenvalue weighted by molar-refractivity contribution is 5.83. The molecule has 1 amide bonds. The van der Waals surface area contributed by atoms with E-state index in [4.69, 9.17) is 5.73 Å². The molecule has 134 valence electrons. The van der Waals surface area contributed by atoms with Gasteiger partial charge >= 0.3 is 0 Å². The molecule has 0 aliphatic carbocycles. The molecule has 0 aliphatic rings. The average Bonchev–Trinajstić information content (AvgIpc) is 2.66. The van der Waals surface area contributed by atoms with E-state index in [1.165, 1.54) is 5.56 Å². The first-order valence-corrected chi connectivity index (χ1v) is 9.01. The summed E-state index contributed by atoms with van der Waals surface area (Å²) in [5, 5.41) is 3.06. The molecule has 1 unspecified atom stereocenters. The maximum Gasteiger partial charge on any atom is 0.229 e. The number of rotatable bonds is 9. The molecule has 0 aliphatic heterocycles. The van der Waals surface area contributed by atoms with Crippen molar-refractivity contribution in [1.29, 1.82) is 0 Å². The number of nitrogens with one attached hydrogen (secondary N) is 1. The summed E-state index contributed by atoms with van der Waals surface area (Å²) in [5.41, 5.74) is 9.21. The van der Waals surface area contributed by atoms with Crippen LogP contribution in [0.3, 0.4) is 0 Å². The van der Waals surface area contributed by atoms with E-state index in [2.05, 4.69) is 42.3 Å². The number of amides is 1. The van der Waals surface area contributed by atoms with Gasteiger partial charge in [0.05, 0.1) is 5.92 Å². The van der Waals surface area contributed by atoms with Gasteiger partial charge in [-0.25, -0.2) is 0 Å². The third-order valence-corrected chi connectivity index (χ3v) is 4.61. The monoisotopic (exact) mass is 339 g/mol. The molecule has 0 fully saturated rings. The summed E-state index contributed by atoms with van der Waals surface area (Å²) in [6.45, 7) is 8.09. The molecule has 0 saturated carbocycles. The average molecular weight is 339 g/mol. The molecule has 4 heteroatoms. The molecule has 0 radical (unpaired) electrons. The van der Waals surface area contributed by atoms with E-state index in [0.29, 0.717) is 13.1 Å². The summed E-state index contributed by atoms with van der Waals surface area (Å²) >= 11 is 0. The van der Waals surface area contributed by atoms with Crippen LogP contribution in [-0.2, 0) is 17.9 Å². The summed E-state index contributed by atoms with van der Waals surface area (Å²) < 4.78 is 0. The Morgan fingerprint density at radius 2 is 1.60 bits per heavy atom. The lowest BCUT2D eigenvalue weighted by molar-refractivity contribution is -0.122. The minimum atomic E-state index is -0.309. The maximum atomic E-state index is 12.6. The molecule has 2 aromatic rings. The molecule has 2 rings (SSSR count). The van der Waals surface area contributed by atoms with Crippen LogP contribution in [0, 0.1) is 0 Å². The topological polar surface area (TPSA) is 58.4 Å². The third kappa shape index (κ3) is 5.41. The maximum absolute atomic E-state index is 12.6. The van der Waals surface area contributed by atoms with E-state index in [1.54, 1.807) is 0 Å². The molecule has 0 spiro atoms. The standard InChI is InChI=1S/C21H29N3O/c1-3-24(4-2)16-19-13-9-8-12-18(19)15-23-21(25)20(14-22)17-10-6-5-7-11-17/h5-13,20H,3-4,14-16,22H2,1-2H3,(H,23,25). The van der Waals surface area contributed by atoms with Crippen molar-refractivity contribution in [2.45, 2.75) is 32.9 Å². The first-order valence-electron chi connectivity index (χ1n) is 9.01.